The molecule has 0 heterocycles. The molecule has 6 nitrogen and oxygen atoms in total. The van der Waals surface area contributed by atoms with Crippen LogP contribution in [0.15, 0.2) is 82.6 Å². The number of carbonyl (C=O) groups is 2. The van der Waals surface area contributed by atoms with Crippen molar-refractivity contribution in [2.45, 2.75) is 9.79 Å². The monoisotopic (exact) mass is 411 g/mol. The molecule has 0 saturated carbocycles. The first-order valence-electron chi connectivity index (χ1n) is 8.41. The molecule has 0 bridgehead atoms. The Kier molecular flexibility index (Phi) is 6.36. The normalized spacial score (nSPS) is 10.4. The molecule has 0 aromatic heterocycles. The third kappa shape index (κ3) is 5.26. The van der Waals surface area contributed by atoms with E-state index in [-0.39, 0.29) is 16.8 Å². The van der Waals surface area contributed by atoms with E-state index in [9.17, 15) is 24.1 Å². The van der Waals surface area contributed by atoms with E-state index >= 15 is 0 Å². The molecular weight excluding hydrogens is 397 g/mol. The quantitative estimate of drug-likeness (QED) is 0.237. The van der Waals surface area contributed by atoms with Crippen LogP contribution in [0.4, 0.5) is 10.1 Å². The minimum absolute atomic E-state index is 0.0265. The second-order valence-electron chi connectivity index (χ2n) is 5.86. The van der Waals surface area contributed by atoms with Crippen molar-refractivity contribution >= 4 is 29.2 Å². The van der Waals surface area contributed by atoms with Gasteiger partial charge in [0.1, 0.15) is 5.82 Å². The van der Waals surface area contributed by atoms with E-state index in [1.165, 1.54) is 36.0 Å². The number of nitrogens with zero attached hydrogens (tertiary/aromatic N) is 1. The summed E-state index contributed by atoms with van der Waals surface area (Å²) in [7, 11) is 0. The van der Waals surface area contributed by atoms with Gasteiger partial charge >= 0.3 is 5.97 Å². The zero-order valence-corrected chi connectivity index (χ0v) is 15.7. The molecular formula is C21H14FNO5S. The van der Waals surface area contributed by atoms with Crippen molar-refractivity contribution in [1.29, 1.82) is 0 Å². The lowest BCUT2D eigenvalue weighted by atomic mass is 10.1. The Morgan fingerprint density at radius 2 is 1.62 bits per heavy atom. The van der Waals surface area contributed by atoms with E-state index in [1.54, 1.807) is 36.4 Å². The number of halogens is 1. The van der Waals surface area contributed by atoms with E-state index in [0.29, 0.717) is 9.79 Å². The molecule has 8 heteroatoms. The average Bonchev–Trinajstić information content (AvgIpc) is 2.73. The maximum absolute atomic E-state index is 12.9. The highest BCUT2D eigenvalue weighted by Crippen LogP contribution is 2.31. The first kappa shape index (κ1) is 20.2. The highest BCUT2D eigenvalue weighted by Gasteiger charge is 2.16. The Morgan fingerprint density at radius 3 is 2.28 bits per heavy atom. The van der Waals surface area contributed by atoms with Crippen molar-refractivity contribution in [3.05, 3.63) is 99.9 Å². The van der Waals surface area contributed by atoms with Crippen molar-refractivity contribution in [1.82, 2.24) is 0 Å². The minimum atomic E-state index is -0.675. The predicted octanol–water partition coefficient (Wildman–Crippen LogP) is 4.92. The number of ketones is 1. The van der Waals surface area contributed by atoms with Crippen LogP contribution in [0.2, 0.25) is 0 Å². The van der Waals surface area contributed by atoms with Gasteiger partial charge in [-0.05, 0) is 48.5 Å². The lowest BCUT2D eigenvalue weighted by molar-refractivity contribution is -0.384. The fourth-order valence-corrected chi connectivity index (χ4v) is 3.35. The lowest BCUT2D eigenvalue weighted by Crippen LogP contribution is -2.14. The van der Waals surface area contributed by atoms with Gasteiger partial charge in [0.2, 0.25) is 0 Å². The van der Waals surface area contributed by atoms with Crippen molar-refractivity contribution in [3.8, 4) is 0 Å². The van der Waals surface area contributed by atoms with Gasteiger partial charge in [-0.15, -0.1) is 0 Å². The molecule has 29 heavy (non-hydrogen) atoms. The van der Waals surface area contributed by atoms with Crippen LogP contribution in [-0.2, 0) is 4.74 Å². The summed E-state index contributed by atoms with van der Waals surface area (Å²) in [6.45, 7) is -0.471. The number of non-ortho nitro benzene ring substituents is 1. The van der Waals surface area contributed by atoms with Gasteiger partial charge in [0.05, 0.1) is 10.5 Å². The van der Waals surface area contributed by atoms with Crippen molar-refractivity contribution in [2.24, 2.45) is 0 Å². The fourth-order valence-electron chi connectivity index (χ4n) is 2.42. The largest absolute Gasteiger partial charge is 0.454 e. The van der Waals surface area contributed by atoms with Gasteiger partial charge in [-0.2, -0.15) is 0 Å². The van der Waals surface area contributed by atoms with Gasteiger partial charge in [0.25, 0.3) is 5.69 Å². The SMILES string of the molecule is O=C(COC(=O)c1ccccc1Sc1ccc([N+](=O)[O-])cc1)c1ccc(F)cc1. The number of Topliss-reactive ketones (excluding diaryl/α,β-unsaturated/α-hetero) is 1. The van der Waals surface area contributed by atoms with Gasteiger partial charge in [0.15, 0.2) is 12.4 Å². The first-order valence-corrected chi connectivity index (χ1v) is 9.23. The Morgan fingerprint density at radius 1 is 0.966 bits per heavy atom. The topological polar surface area (TPSA) is 86.5 Å². The van der Waals surface area contributed by atoms with Gasteiger partial charge < -0.3 is 4.74 Å². The Bertz CT molecular complexity index is 1050. The highest BCUT2D eigenvalue weighted by molar-refractivity contribution is 7.99. The predicted molar refractivity (Wildman–Crippen MR) is 105 cm³/mol. The number of ether oxygens (including phenoxy) is 1. The molecule has 3 rings (SSSR count). The van der Waals surface area contributed by atoms with Crippen molar-refractivity contribution in [3.63, 3.8) is 0 Å². The van der Waals surface area contributed by atoms with Crippen LogP contribution in [0.25, 0.3) is 0 Å². The third-order valence-electron chi connectivity index (χ3n) is 3.88. The van der Waals surface area contributed by atoms with Crippen molar-refractivity contribution in [2.75, 3.05) is 6.61 Å². The van der Waals surface area contributed by atoms with E-state index in [2.05, 4.69) is 0 Å². The average molecular weight is 411 g/mol. The fraction of sp³-hybridized carbons (Fsp3) is 0.0476. The third-order valence-corrected chi connectivity index (χ3v) is 4.97. The summed E-state index contributed by atoms with van der Waals surface area (Å²) in [6.07, 6.45) is 0. The van der Waals surface area contributed by atoms with Crippen molar-refractivity contribution < 1.29 is 23.6 Å². The zero-order chi connectivity index (χ0) is 20.8. The van der Waals surface area contributed by atoms with Gasteiger partial charge in [-0.25, -0.2) is 9.18 Å². The van der Waals surface area contributed by atoms with E-state index in [1.807, 2.05) is 0 Å². The summed E-state index contributed by atoms with van der Waals surface area (Å²) in [5.41, 5.74) is 0.483. The molecule has 0 saturated heterocycles. The van der Waals surface area contributed by atoms with Crippen LogP contribution in [-0.4, -0.2) is 23.3 Å². The molecule has 0 spiro atoms. The standard InChI is InChI=1S/C21H14FNO5S/c22-15-7-5-14(6-8-15)19(24)13-28-21(25)18-3-1-2-4-20(18)29-17-11-9-16(10-12-17)23(26)27/h1-12H,13H2. The highest BCUT2D eigenvalue weighted by atomic mass is 32.2. The molecule has 3 aromatic carbocycles. The van der Waals surface area contributed by atoms with Crippen LogP contribution >= 0.6 is 11.8 Å². The Balaban J connectivity index is 1.69. The smallest absolute Gasteiger partial charge is 0.339 e. The summed E-state index contributed by atoms with van der Waals surface area (Å²) >= 11 is 1.25. The van der Waals surface area contributed by atoms with Crippen LogP contribution in [0.3, 0.4) is 0 Å². The number of esters is 1. The van der Waals surface area contributed by atoms with Crippen LogP contribution < -0.4 is 0 Å². The van der Waals surface area contributed by atoms with Crippen LogP contribution in [0.1, 0.15) is 20.7 Å². The number of carbonyl (C=O) groups excluding carboxylic acids is 2. The number of rotatable bonds is 7. The maximum atomic E-state index is 12.9. The van der Waals surface area contributed by atoms with Gasteiger partial charge in [0, 0.05) is 27.5 Å². The molecule has 0 radical (unpaired) electrons. The first-order chi connectivity index (χ1) is 13.9. The number of hydrogen-bond donors (Lipinski definition) is 0. The minimum Gasteiger partial charge on any atom is -0.454 e. The number of benzene rings is 3. The molecule has 0 aliphatic heterocycles. The van der Waals surface area contributed by atoms with E-state index in [4.69, 9.17) is 4.74 Å². The molecule has 146 valence electrons. The summed E-state index contributed by atoms with van der Waals surface area (Å²) < 4.78 is 18.1. The Hall–Kier alpha value is -3.52. The zero-order valence-electron chi connectivity index (χ0n) is 14.9. The Labute approximate surface area is 169 Å². The summed E-state index contributed by atoms with van der Waals surface area (Å²) in [5.74, 6) is -1.58. The van der Waals surface area contributed by atoms with Gasteiger partial charge in [-0.1, -0.05) is 23.9 Å². The van der Waals surface area contributed by atoms with Crippen LogP contribution in [0, 0.1) is 15.9 Å². The molecule has 3 aromatic rings. The second kappa shape index (κ2) is 9.11. The molecule has 0 aliphatic carbocycles. The molecule has 0 aliphatic rings. The number of nitro groups is 1. The second-order valence-corrected chi connectivity index (χ2v) is 6.97. The summed E-state index contributed by atoms with van der Waals surface area (Å²) in [4.78, 5) is 36.1. The molecule has 0 fully saturated rings. The molecule has 0 atom stereocenters. The van der Waals surface area contributed by atoms with E-state index in [0.717, 1.165) is 12.1 Å². The molecule has 0 amide bonds. The molecule has 0 unspecified atom stereocenters. The summed E-state index contributed by atoms with van der Waals surface area (Å²) in [5, 5.41) is 10.8. The molecule has 0 N–H and O–H groups in total. The van der Waals surface area contributed by atoms with Gasteiger partial charge in [-0.3, -0.25) is 14.9 Å². The van der Waals surface area contributed by atoms with E-state index < -0.39 is 29.1 Å². The maximum Gasteiger partial charge on any atom is 0.339 e. The number of hydrogen-bond acceptors (Lipinski definition) is 6. The summed E-state index contributed by atoms with van der Waals surface area (Å²) in [6, 6.07) is 17.6. The lowest BCUT2D eigenvalue weighted by Gasteiger charge is -2.09. The van der Waals surface area contributed by atoms with Crippen LogP contribution in [0.5, 0.6) is 0 Å². The number of nitro benzene ring substituents is 1.